The van der Waals surface area contributed by atoms with Gasteiger partial charge in [-0.3, -0.25) is 9.69 Å². The Hall–Kier alpha value is -1.65. The SMILES string of the molecule is Cc1nc(N)c2c(n1)N(C(C)(C)C)C(=O)C2. The van der Waals surface area contributed by atoms with Crippen molar-refractivity contribution in [2.45, 2.75) is 39.7 Å². The van der Waals surface area contributed by atoms with Crippen molar-refractivity contribution < 1.29 is 4.79 Å². The van der Waals surface area contributed by atoms with E-state index in [2.05, 4.69) is 9.97 Å². The third-order valence-corrected chi connectivity index (χ3v) is 2.59. The zero-order valence-corrected chi connectivity index (χ0v) is 10.0. The Morgan fingerprint density at radius 3 is 2.50 bits per heavy atom. The van der Waals surface area contributed by atoms with Gasteiger partial charge in [-0.2, -0.15) is 0 Å². The number of rotatable bonds is 0. The zero-order chi connectivity index (χ0) is 12.1. The van der Waals surface area contributed by atoms with Crippen LogP contribution in [-0.4, -0.2) is 21.4 Å². The lowest BCUT2D eigenvalue weighted by Gasteiger charge is -2.31. The van der Waals surface area contributed by atoms with Crippen LogP contribution < -0.4 is 10.6 Å². The van der Waals surface area contributed by atoms with E-state index in [4.69, 9.17) is 5.73 Å². The van der Waals surface area contributed by atoms with Gasteiger partial charge >= 0.3 is 0 Å². The lowest BCUT2D eigenvalue weighted by atomic mass is 10.1. The standard InChI is InChI=1S/C11H16N4O/c1-6-13-9(12)7-5-8(16)15(10(7)14-6)11(2,3)4/h5H2,1-4H3,(H2,12,13,14). The fraction of sp³-hybridized carbons (Fsp3) is 0.545. The van der Waals surface area contributed by atoms with E-state index >= 15 is 0 Å². The number of anilines is 2. The summed E-state index contributed by atoms with van der Waals surface area (Å²) >= 11 is 0. The minimum absolute atomic E-state index is 0.0362. The minimum atomic E-state index is -0.282. The monoisotopic (exact) mass is 220 g/mol. The van der Waals surface area contributed by atoms with Gasteiger partial charge in [0.1, 0.15) is 17.5 Å². The van der Waals surface area contributed by atoms with Gasteiger partial charge < -0.3 is 5.73 Å². The molecule has 86 valence electrons. The number of nitrogens with zero attached hydrogens (tertiary/aromatic N) is 3. The molecule has 0 spiro atoms. The second kappa shape index (κ2) is 3.17. The molecule has 0 fully saturated rings. The van der Waals surface area contributed by atoms with Crippen LogP contribution in [0.4, 0.5) is 11.6 Å². The van der Waals surface area contributed by atoms with Gasteiger partial charge in [-0.1, -0.05) is 0 Å². The van der Waals surface area contributed by atoms with E-state index in [9.17, 15) is 4.79 Å². The topological polar surface area (TPSA) is 72.1 Å². The molecule has 0 bridgehead atoms. The summed E-state index contributed by atoms with van der Waals surface area (Å²) in [6, 6.07) is 0. The number of hydrogen-bond donors (Lipinski definition) is 1. The second-order valence-electron chi connectivity index (χ2n) is 5.03. The van der Waals surface area contributed by atoms with E-state index in [0.717, 1.165) is 5.56 Å². The summed E-state index contributed by atoms with van der Waals surface area (Å²) in [5.74, 6) is 1.72. The molecular formula is C11H16N4O. The molecule has 16 heavy (non-hydrogen) atoms. The number of hydrogen-bond acceptors (Lipinski definition) is 4. The minimum Gasteiger partial charge on any atom is -0.383 e. The van der Waals surface area contributed by atoms with E-state index in [0.29, 0.717) is 23.9 Å². The highest BCUT2D eigenvalue weighted by Crippen LogP contribution is 2.34. The number of carbonyl (C=O) groups excluding carboxylic acids is 1. The van der Waals surface area contributed by atoms with Crippen LogP contribution in [0.1, 0.15) is 32.2 Å². The van der Waals surface area contributed by atoms with Crippen molar-refractivity contribution in [2.75, 3.05) is 10.6 Å². The summed E-state index contributed by atoms with van der Waals surface area (Å²) in [5, 5.41) is 0. The Morgan fingerprint density at radius 1 is 1.31 bits per heavy atom. The molecule has 1 aliphatic heterocycles. The highest BCUT2D eigenvalue weighted by Gasteiger charge is 2.38. The van der Waals surface area contributed by atoms with Crippen molar-refractivity contribution in [2.24, 2.45) is 0 Å². The Labute approximate surface area is 94.7 Å². The fourth-order valence-corrected chi connectivity index (χ4v) is 2.00. The number of nitrogens with two attached hydrogens (primary N) is 1. The first-order valence-electron chi connectivity index (χ1n) is 5.27. The molecular weight excluding hydrogens is 204 g/mol. The predicted molar refractivity (Wildman–Crippen MR) is 62.1 cm³/mol. The van der Waals surface area contributed by atoms with Crippen LogP contribution in [0.25, 0.3) is 0 Å². The molecule has 5 nitrogen and oxygen atoms in total. The van der Waals surface area contributed by atoms with Crippen LogP contribution in [-0.2, 0) is 11.2 Å². The highest BCUT2D eigenvalue weighted by molar-refractivity contribution is 6.02. The first-order valence-corrected chi connectivity index (χ1v) is 5.27. The maximum absolute atomic E-state index is 11.9. The van der Waals surface area contributed by atoms with Gasteiger partial charge in [-0.25, -0.2) is 9.97 Å². The zero-order valence-electron chi connectivity index (χ0n) is 10.0. The predicted octanol–water partition coefficient (Wildman–Crippen LogP) is 1.05. The van der Waals surface area contributed by atoms with Crippen LogP contribution in [0.15, 0.2) is 0 Å². The van der Waals surface area contributed by atoms with Gasteiger partial charge in [0.2, 0.25) is 5.91 Å². The normalized spacial score (nSPS) is 15.5. The van der Waals surface area contributed by atoms with E-state index in [1.54, 1.807) is 11.8 Å². The van der Waals surface area contributed by atoms with E-state index < -0.39 is 0 Å². The summed E-state index contributed by atoms with van der Waals surface area (Å²) in [4.78, 5) is 22.1. The molecule has 1 amide bonds. The largest absolute Gasteiger partial charge is 0.383 e. The van der Waals surface area contributed by atoms with Gasteiger partial charge in [0.25, 0.3) is 0 Å². The number of fused-ring (bicyclic) bond motifs is 1. The molecule has 0 atom stereocenters. The Balaban J connectivity index is 2.61. The quantitative estimate of drug-likeness (QED) is 0.709. The van der Waals surface area contributed by atoms with Gasteiger partial charge in [0.05, 0.1) is 6.42 Å². The molecule has 1 aromatic heterocycles. The molecule has 2 N–H and O–H groups in total. The first-order chi connectivity index (χ1) is 7.30. The average Bonchev–Trinajstić information content (AvgIpc) is 2.40. The van der Waals surface area contributed by atoms with Crippen molar-refractivity contribution in [1.82, 2.24) is 9.97 Å². The average molecular weight is 220 g/mol. The number of amides is 1. The van der Waals surface area contributed by atoms with E-state index in [1.807, 2.05) is 20.8 Å². The summed E-state index contributed by atoms with van der Waals surface area (Å²) in [6.07, 6.45) is 0.304. The second-order valence-corrected chi connectivity index (χ2v) is 5.03. The van der Waals surface area contributed by atoms with Crippen LogP contribution in [0, 0.1) is 6.92 Å². The maximum Gasteiger partial charge on any atom is 0.233 e. The van der Waals surface area contributed by atoms with Gasteiger partial charge in [0.15, 0.2) is 0 Å². The molecule has 1 aromatic rings. The highest BCUT2D eigenvalue weighted by atomic mass is 16.2. The van der Waals surface area contributed by atoms with Crippen molar-refractivity contribution in [3.05, 3.63) is 11.4 Å². The smallest absolute Gasteiger partial charge is 0.233 e. The van der Waals surface area contributed by atoms with Crippen molar-refractivity contribution >= 4 is 17.5 Å². The van der Waals surface area contributed by atoms with Crippen molar-refractivity contribution in [3.63, 3.8) is 0 Å². The number of aromatic nitrogens is 2. The Bertz CT molecular complexity index is 462. The van der Waals surface area contributed by atoms with Gasteiger partial charge in [-0.15, -0.1) is 0 Å². The van der Waals surface area contributed by atoms with E-state index in [1.165, 1.54) is 0 Å². The molecule has 0 aromatic carbocycles. The van der Waals surface area contributed by atoms with Crippen LogP contribution >= 0.6 is 0 Å². The van der Waals surface area contributed by atoms with Gasteiger partial charge in [0, 0.05) is 11.1 Å². The molecule has 5 heteroatoms. The molecule has 0 saturated carbocycles. The Morgan fingerprint density at radius 2 is 1.94 bits per heavy atom. The summed E-state index contributed by atoms with van der Waals surface area (Å²) in [6.45, 7) is 7.72. The van der Waals surface area contributed by atoms with E-state index in [-0.39, 0.29) is 11.4 Å². The van der Waals surface area contributed by atoms with Crippen LogP contribution in [0.3, 0.4) is 0 Å². The molecule has 0 radical (unpaired) electrons. The third kappa shape index (κ3) is 1.52. The van der Waals surface area contributed by atoms with Crippen LogP contribution in [0.5, 0.6) is 0 Å². The molecule has 2 rings (SSSR count). The molecule has 0 saturated heterocycles. The van der Waals surface area contributed by atoms with Crippen molar-refractivity contribution in [1.29, 1.82) is 0 Å². The van der Waals surface area contributed by atoms with Crippen LogP contribution in [0.2, 0.25) is 0 Å². The molecule has 1 aliphatic rings. The summed E-state index contributed by atoms with van der Waals surface area (Å²) < 4.78 is 0. The molecule has 0 unspecified atom stereocenters. The lowest BCUT2D eigenvalue weighted by molar-refractivity contribution is -0.118. The lowest BCUT2D eigenvalue weighted by Crippen LogP contribution is -2.44. The number of aryl methyl sites for hydroxylation is 1. The first kappa shape index (κ1) is 10.9. The summed E-state index contributed by atoms with van der Waals surface area (Å²) in [7, 11) is 0. The molecule has 2 heterocycles. The third-order valence-electron chi connectivity index (χ3n) is 2.59. The Kier molecular flexibility index (Phi) is 2.15. The van der Waals surface area contributed by atoms with Gasteiger partial charge in [-0.05, 0) is 27.7 Å². The number of nitrogen functional groups attached to an aromatic ring is 1. The van der Waals surface area contributed by atoms with Crippen molar-refractivity contribution in [3.8, 4) is 0 Å². The number of carbonyl (C=O) groups is 1. The fourth-order valence-electron chi connectivity index (χ4n) is 2.00. The molecule has 0 aliphatic carbocycles. The summed E-state index contributed by atoms with van der Waals surface area (Å²) in [5.41, 5.74) is 6.28. The maximum atomic E-state index is 11.9.